The van der Waals surface area contributed by atoms with Gasteiger partial charge in [0.1, 0.15) is 0 Å². The second-order valence-corrected chi connectivity index (χ2v) is 5.39. The van der Waals surface area contributed by atoms with Crippen molar-refractivity contribution in [2.45, 2.75) is 6.92 Å². The molecule has 0 amide bonds. The standard InChI is InChI=1S/C15H18N2O5S/c1-5-22-14(18)11-13(23-15(16)17-11)8-6-9(19-2)12(21-4)10(7-8)20-3/h6-7H,5H2,1-4H3,(H2,16,17). The van der Waals surface area contributed by atoms with E-state index in [0.29, 0.717) is 27.7 Å². The van der Waals surface area contributed by atoms with Crippen LogP contribution < -0.4 is 19.9 Å². The number of hydrogen-bond acceptors (Lipinski definition) is 8. The van der Waals surface area contributed by atoms with E-state index in [4.69, 9.17) is 24.7 Å². The number of aromatic nitrogens is 1. The van der Waals surface area contributed by atoms with Crippen molar-refractivity contribution in [2.75, 3.05) is 33.7 Å². The Morgan fingerprint density at radius 1 is 1.17 bits per heavy atom. The molecule has 23 heavy (non-hydrogen) atoms. The van der Waals surface area contributed by atoms with Crippen molar-refractivity contribution in [3.63, 3.8) is 0 Å². The Kier molecular flexibility index (Phi) is 5.28. The van der Waals surface area contributed by atoms with Gasteiger partial charge in [-0.05, 0) is 19.1 Å². The largest absolute Gasteiger partial charge is 0.493 e. The highest BCUT2D eigenvalue weighted by Crippen LogP contribution is 2.43. The van der Waals surface area contributed by atoms with Gasteiger partial charge in [-0.2, -0.15) is 0 Å². The van der Waals surface area contributed by atoms with E-state index in [2.05, 4.69) is 4.98 Å². The lowest BCUT2D eigenvalue weighted by Gasteiger charge is -2.13. The molecular formula is C15H18N2O5S. The third kappa shape index (κ3) is 3.31. The number of anilines is 1. The van der Waals surface area contributed by atoms with Crippen LogP contribution in [0.25, 0.3) is 10.4 Å². The molecule has 1 aromatic heterocycles. The number of methoxy groups -OCH3 is 3. The SMILES string of the molecule is CCOC(=O)c1nc(N)sc1-c1cc(OC)c(OC)c(OC)c1. The van der Waals surface area contributed by atoms with Crippen molar-refractivity contribution in [1.29, 1.82) is 0 Å². The monoisotopic (exact) mass is 338 g/mol. The van der Waals surface area contributed by atoms with E-state index >= 15 is 0 Å². The normalized spacial score (nSPS) is 10.3. The number of nitrogen functional groups attached to an aromatic ring is 1. The summed E-state index contributed by atoms with van der Waals surface area (Å²) in [7, 11) is 4.57. The van der Waals surface area contributed by atoms with Gasteiger partial charge in [-0.25, -0.2) is 9.78 Å². The van der Waals surface area contributed by atoms with Crippen LogP contribution in [0, 0.1) is 0 Å². The topological polar surface area (TPSA) is 92.9 Å². The average molecular weight is 338 g/mol. The average Bonchev–Trinajstić information content (AvgIpc) is 2.95. The van der Waals surface area contributed by atoms with E-state index < -0.39 is 5.97 Å². The number of hydrogen-bond donors (Lipinski definition) is 1. The Hall–Kier alpha value is -2.48. The van der Waals surface area contributed by atoms with Crippen LogP contribution in [-0.4, -0.2) is 38.9 Å². The third-order valence-corrected chi connectivity index (χ3v) is 3.97. The number of thiazole rings is 1. The lowest BCUT2D eigenvalue weighted by atomic mass is 10.1. The van der Waals surface area contributed by atoms with E-state index in [-0.39, 0.29) is 17.4 Å². The Morgan fingerprint density at radius 3 is 2.26 bits per heavy atom. The lowest BCUT2D eigenvalue weighted by Crippen LogP contribution is -2.06. The number of carbonyl (C=O) groups is 1. The van der Waals surface area contributed by atoms with Crippen molar-refractivity contribution in [3.8, 4) is 27.7 Å². The smallest absolute Gasteiger partial charge is 0.358 e. The first-order valence-electron chi connectivity index (χ1n) is 6.79. The lowest BCUT2D eigenvalue weighted by molar-refractivity contribution is 0.0521. The highest BCUT2D eigenvalue weighted by molar-refractivity contribution is 7.19. The van der Waals surface area contributed by atoms with E-state index in [1.165, 1.54) is 32.7 Å². The first-order chi connectivity index (χ1) is 11.0. The van der Waals surface area contributed by atoms with Crippen LogP contribution in [0.4, 0.5) is 5.13 Å². The number of nitrogens with two attached hydrogens (primary N) is 1. The molecule has 1 heterocycles. The van der Waals surface area contributed by atoms with Gasteiger partial charge in [-0.15, -0.1) is 0 Å². The van der Waals surface area contributed by atoms with Crippen molar-refractivity contribution >= 4 is 22.4 Å². The number of nitrogens with zero attached hydrogens (tertiary/aromatic N) is 1. The quantitative estimate of drug-likeness (QED) is 0.809. The number of esters is 1. The molecule has 2 rings (SSSR count). The van der Waals surface area contributed by atoms with Gasteiger partial charge in [0.05, 0.1) is 32.8 Å². The van der Waals surface area contributed by atoms with Crippen LogP contribution in [-0.2, 0) is 4.74 Å². The molecule has 0 aliphatic carbocycles. The zero-order chi connectivity index (χ0) is 17.0. The van der Waals surface area contributed by atoms with Crippen LogP contribution in [0.2, 0.25) is 0 Å². The van der Waals surface area contributed by atoms with Gasteiger partial charge in [0.2, 0.25) is 5.75 Å². The van der Waals surface area contributed by atoms with Crippen molar-refractivity contribution in [1.82, 2.24) is 4.98 Å². The molecule has 0 radical (unpaired) electrons. The van der Waals surface area contributed by atoms with Crippen LogP contribution in [0.5, 0.6) is 17.2 Å². The van der Waals surface area contributed by atoms with Gasteiger partial charge in [0.15, 0.2) is 22.3 Å². The summed E-state index contributed by atoms with van der Waals surface area (Å²) in [5.74, 6) is 0.894. The van der Waals surface area contributed by atoms with Gasteiger partial charge in [0, 0.05) is 5.56 Å². The fraction of sp³-hybridized carbons (Fsp3) is 0.333. The van der Waals surface area contributed by atoms with Gasteiger partial charge in [-0.3, -0.25) is 0 Å². The number of ether oxygens (including phenoxy) is 4. The van der Waals surface area contributed by atoms with Crippen LogP contribution >= 0.6 is 11.3 Å². The minimum absolute atomic E-state index is 0.170. The second-order valence-electron chi connectivity index (χ2n) is 4.36. The maximum absolute atomic E-state index is 12.1. The molecular weight excluding hydrogens is 320 g/mol. The molecule has 0 fully saturated rings. The van der Waals surface area contributed by atoms with E-state index in [1.54, 1.807) is 19.1 Å². The molecule has 0 spiro atoms. The Balaban J connectivity index is 2.60. The van der Waals surface area contributed by atoms with Gasteiger partial charge < -0.3 is 24.7 Å². The highest BCUT2D eigenvalue weighted by Gasteiger charge is 2.22. The highest BCUT2D eigenvalue weighted by atomic mass is 32.1. The molecule has 1 aromatic carbocycles. The molecule has 8 heteroatoms. The molecule has 2 aromatic rings. The first-order valence-corrected chi connectivity index (χ1v) is 7.61. The Labute approximate surface area is 137 Å². The summed E-state index contributed by atoms with van der Waals surface area (Å²) in [6, 6.07) is 3.47. The summed E-state index contributed by atoms with van der Waals surface area (Å²) in [4.78, 5) is 16.7. The third-order valence-electron chi connectivity index (χ3n) is 3.04. The minimum Gasteiger partial charge on any atom is -0.493 e. The molecule has 2 N–H and O–H groups in total. The number of carbonyl (C=O) groups excluding carboxylic acids is 1. The Morgan fingerprint density at radius 2 is 1.78 bits per heavy atom. The molecule has 7 nitrogen and oxygen atoms in total. The van der Waals surface area contributed by atoms with Crippen molar-refractivity contribution in [2.24, 2.45) is 0 Å². The van der Waals surface area contributed by atoms with Crippen LogP contribution in [0.1, 0.15) is 17.4 Å². The fourth-order valence-corrected chi connectivity index (χ4v) is 2.89. The maximum Gasteiger partial charge on any atom is 0.358 e. The summed E-state index contributed by atoms with van der Waals surface area (Å²) in [6.07, 6.45) is 0. The van der Waals surface area contributed by atoms with Crippen LogP contribution in [0.3, 0.4) is 0 Å². The summed E-state index contributed by atoms with van der Waals surface area (Å²) in [5.41, 5.74) is 6.61. The minimum atomic E-state index is -0.524. The molecule has 0 saturated heterocycles. The summed E-state index contributed by atoms with van der Waals surface area (Å²) < 4.78 is 21.0. The molecule has 0 aliphatic rings. The van der Waals surface area contributed by atoms with Crippen LogP contribution in [0.15, 0.2) is 12.1 Å². The van der Waals surface area contributed by atoms with E-state index in [0.717, 1.165) is 0 Å². The predicted octanol–water partition coefficient (Wildman–Crippen LogP) is 2.59. The van der Waals surface area contributed by atoms with Gasteiger partial charge >= 0.3 is 5.97 Å². The number of benzene rings is 1. The maximum atomic E-state index is 12.1. The van der Waals surface area contributed by atoms with E-state index in [1.807, 2.05) is 0 Å². The van der Waals surface area contributed by atoms with E-state index in [9.17, 15) is 4.79 Å². The summed E-state index contributed by atoms with van der Waals surface area (Å²) in [5, 5.41) is 0.275. The summed E-state index contributed by atoms with van der Waals surface area (Å²) in [6.45, 7) is 1.98. The molecule has 0 atom stereocenters. The second kappa shape index (κ2) is 7.19. The summed E-state index contributed by atoms with van der Waals surface area (Å²) >= 11 is 1.19. The zero-order valence-electron chi connectivity index (χ0n) is 13.3. The number of rotatable bonds is 6. The Bertz CT molecular complexity index is 689. The van der Waals surface area contributed by atoms with Gasteiger partial charge in [0.25, 0.3) is 0 Å². The van der Waals surface area contributed by atoms with Crippen molar-refractivity contribution in [3.05, 3.63) is 17.8 Å². The predicted molar refractivity (Wildman–Crippen MR) is 87.6 cm³/mol. The van der Waals surface area contributed by atoms with Gasteiger partial charge in [-0.1, -0.05) is 11.3 Å². The zero-order valence-corrected chi connectivity index (χ0v) is 14.2. The first kappa shape index (κ1) is 16.9. The molecule has 0 bridgehead atoms. The molecule has 124 valence electrons. The molecule has 0 aliphatic heterocycles. The molecule has 0 unspecified atom stereocenters. The fourth-order valence-electron chi connectivity index (χ4n) is 2.08. The molecule has 0 saturated carbocycles. The van der Waals surface area contributed by atoms with Crippen molar-refractivity contribution < 1.29 is 23.7 Å².